The highest BCUT2D eigenvalue weighted by atomic mass is 18.2. The van der Waals surface area contributed by atoms with E-state index in [-0.39, 0.29) is 18.4 Å². The number of alkyl halides is 1. The number of ether oxygens (including phenoxy) is 3. The summed E-state index contributed by atoms with van der Waals surface area (Å²) in [7, 11) is 0. The van der Waals surface area contributed by atoms with Crippen molar-refractivity contribution < 1.29 is 28.2 Å². The fraction of sp³-hybridized carbons (Fsp3) is 0.833. The van der Waals surface area contributed by atoms with Crippen LogP contribution < -0.4 is 0 Å². The Bertz CT molecular complexity index is 318. The first-order chi connectivity index (χ1) is 8.32. The fourth-order valence-electron chi connectivity index (χ4n) is 1.89. The normalized spacial score (nSPS) is 35.9. The smallest absolute Gasteiger partial charge is 0.305 e. The molecule has 0 aromatic carbocycles. The second-order valence-electron chi connectivity index (χ2n) is 4.62. The van der Waals surface area contributed by atoms with Crippen LogP contribution in [0, 0.1) is 11.8 Å². The van der Waals surface area contributed by atoms with E-state index in [9.17, 15) is 14.0 Å². The Morgan fingerprint density at radius 1 is 1.17 bits per heavy atom. The van der Waals surface area contributed by atoms with Crippen LogP contribution in [0.3, 0.4) is 0 Å². The van der Waals surface area contributed by atoms with Crippen molar-refractivity contribution >= 4 is 11.9 Å². The Morgan fingerprint density at radius 3 is 2.28 bits per heavy atom. The molecule has 0 bridgehead atoms. The highest BCUT2D eigenvalue weighted by Crippen LogP contribution is 2.33. The van der Waals surface area contributed by atoms with Crippen molar-refractivity contribution in [2.75, 3.05) is 6.61 Å². The van der Waals surface area contributed by atoms with Crippen LogP contribution in [0.15, 0.2) is 0 Å². The molecule has 0 spiro atoms. The summed E-state index contributed by atoms with van der Waals surface area (Å²) in [5.41, 5.74) is 0. The number of halogens is 1. The second-order valence-corrected chi connectivity index (χ2v) is 4.62. The largest absolute Gasteiger partial charge is 0.463 e. The highest BCUT2D eigenvalue weighted by molar-refractivity contribution is 5.66. The summed E-state index contributed by atoms with van der Waals surface area (Å²) in [5.74, 6) is -1.50. The van der Waals surface area contributed by atoms with Crippen LogP contribution in [-0.4, -0.2) is 37.1 Å². The number of carbonyl (C=O) groups is 2. The van der Waals surface area contributed by atoms with Gasteiger partial charge in [0.05, 0.1) is 6.10 Å². The Balaban J connectivity index is 2.67. The van der Waals surface area contributed by atoms with E-state index in [1.807, 2.05) is 6.92 Å². The zero-order valence-electron chi connectivity index (χ0n) is 11.0. The van der Waals surface area contributed by atoms with Gasteiger partial charge in [0.25, 0.3) is 0 Å². The van der Waals surface area contributed by atoms with Crippen LogP contribution >= 0.6 is 0 Å². The molecule has 6 heteroatoms. The maximum atomic E-state index is 13.9. The van der Waals surface area contributed by atoms with Crippen LogP contribution in [0.4, 0.5) is 4.39 Å². The molecule has 0 saturated carbocycles. The van der Waals surface area contributed by atoms with E-state index in [4.69, 9.17) is 14.2 Å². The minimum Gasteiger partial charge on any atom is -0.463 e. The first-order valence-electron chi connectivity index (χ1n) is 5.93. The minimum absolute atomic E-state index is 0.0331. The molecule has 1 aliphatic heterocycles. The molecule has 104 valence electrons. The van der Waals surface area contributed by atoms with E-state index in [2.05, 4.69) is 0 Å². The summed E-state index contributed by atoms with van der Waals surface area (Å²) < 4.78 is 28.9. The second kappa shape index (κ2) is 6.13. The van der Waals surface area contributed by atoms with Crippen molar-refractivity contribution in [1.29, 1.82) is 0 Å². The predicted molar refractivity (Wildman–Crippen MR) is 60.3 cm³/mol. The third kappa shape index (κ3) is 3.66. The standard InChI is InChI=1S/C12H19FO5/c1-6-7(2)11(13)12(17-9(4)15)18-10(6)5-16-8(3)14/h6-7,10-12H,5H2,1-4H3/i13-1. The van der Waals surface area contributed by atoms with Gasteiger partial charge in [0.2, 0.25) is 6.29 Å². The first kappa shape index (κ1) is 14.9. The van der Waals surface area contributed by atoms with Crippen molar-refractivity contribution in [3.8, 4) is 0 Å². The van der Waals surface area contributed by atoms with Gasteiger partial charge in [-0.25, -0.2) is 4.39 Å². The van der Waals surface area contributed by atoms with Crippen LogP contribution in [0.25, 0.3) is 0 Å². The summed E-state index contributed by atoms with van der Waals surface area (Å²) in [6.45, 7) is 6.05. The monoisotopic (exact) mass is 261 g/mol. The first-order valence-corrected chi connectivity index (χ1v) is 5.93. The van der Waals surface area contributed by atoms with E-state index in [0.29, 0.717) is 0 Å². The molecule has 5 nitrogen and oxygen atoms in total. The molecular weight excluding hydrogens is 242 g/mol. The molecule has 1 heterocycles. The zero-order valence-corrected chi connectivity index (χ0v) is 11.0. The molecule has 0 radical (unpaired) electrons. The van der Waals surface area contributed by atoms with Crippen LogP contribution in [0.5, 0.6) is 0 Å². The van der Waals surface area contributed by atoms with Crippen molar-refractivity contribution in [2.24, 2.45) is 11.8 Å². The summed E-state index contributed by atoms with van der Waals surface area (Å²) >= 11 is 0. The molecule has 0 aliphatic carbocycles. The Morgan fingerprint density at radius 2 is 1.78 bits per heavy atom. The molecule has 0 aromatic heterocycles. The number of carbonyl (C=O) groups excluding carboxylic acids is 2. The molecule has 5 atom stereocenters. The number of esters is 2. The van der Waals surface area contributed by atoms with Gasteiger partial charge in [-0.3, -0.25) is 9.59 Å². The highest BCUT2D eigenvalue weighted by Gasteiger charge is 2.43. The zero-order chi connectivity index (χ0) is 13.9. The number of hydrogen-bond acceptors (Lipinski definition) is 5. The lowest BCUT2D eigenvalue weighted by atomic mass is 9.84. The molecular formula is C12H19FO5. The molecule has 0 N–H and O–H groups in total. The van der Waals surface area contributed by atoms with Crippen molar-refractivity contribution in [3.63, 3.8) is 0 Å². The van der Waals surface area contributed by atoms with Gasteiger partial charge >= 0.3 is 11.9 Å². The van der Waals surface area contributed by atoms with Gasteiger partial charge in [-0.2, -0.15) is 0 Å². The molecule has 0 amide bonds. The summed E-state index contributed by atoms with van der Waals surface area (Å²) in [5, 5.41) is 0. The molecule has 1 saturated heterocycles. The van der Waals surface area contributed by atoms with Gasteiger partial charge in [-0.15, -0.1) is 0 Å². The third-order valence-electron chi connectivity index (χ3n) is 3.22. The Hall–Kier alpha value is -1.17. The maximum Gasteiger partial charge on any atom is 0.305 e. The van der Waals surface area contributed by atoms with Crippen molar-refractivity contribution in [3.05, 3.63) is 0 Å². The lowest BCUT2D eigenvalue weighted by molar-refractivity contribution is -0.253. The molecule has 18 heavy (non-hydrogen) atoms. The van der Waals surface area contributed by atoms with E-state index in [0.717, 1.165) is 0 Å². The predicted octanol–water partition coefficient (Wildman–Crippen LogP) is 1.45. The van der Waals surface area contributed by atoms with Crippen LogP contribution in [0.2, 0.25) is 0 Å². The number of rotatable bonds is 3. The van der Waals surface area contributed by atoms with E-state index < -0.39 is 30.5 Å². The van der Waals surface area contributed by atoms with Gasteiger partial charge < -0.3 is 14.2 Å². The molecule has 1 aliphatic rings. The molecule has 0 aromatic rings. The van der Waals surface area contributed by atoms with Gasteiger partial charge in [-0.1, -0.05) is 13.8 Å². The van der Waals surface area contributed by atoms with Gasteiger partial charge in [0.15, 0.2) is 6.17 Å². The maximum absolute atomic E-state index is 13.9. The fourth-order valence-corrected chi connectivity index (χ4v) is 1.89. The topological polar surface area (TPSA) is 61.8 Å². The van der Waals surface area contributed by atoms with Crippen LogP contribution in [-0.2, 0) is 23.8 Å². The van der Waals surface area contributed by atoms with Gasteiger partial charge in [-0.05, 0) is 11.8 Å². The lowest BCUT2D eigenvalue weighted by Gasteiger charge is -2.40. The third-order valence-corrected chi connectivity index (χ3v) is 3.22. The quantitative estimate of drug-likeness (QED) is 0.719. The van der Waals surface area contributed by atoms with Crippen molar-refractivity contribution in [2.45, 2.75) is 46.3 Å². The lowest BCUT2D eigenvalue weighted by Crippen LogP contribution is -2.50. The summed E-state index contributed by atoms with van der Waals surface area (Å²) in [6.07, 6.45) is -3.08. The van der Waals surface area contributed by atoms with E-state index in [1.165, 1.54) is 13.8 Å². The molecule has 5 unspecified atom stereocenters. The minimum atomic E-state index is -1.38. The Labute approximate surface area is 106 Å². The summed E-state index contributed by atoms with van der Waals surface area (Å²) in [4.78, 5) is 21.6. The molecule has 1 fully saturated rings. The van der Waals surface area contributed by atoms with Crippen molar-refractivity contribution in [1.82, 2.24) is 0 Å². The summed E-state index contributed by atoms with van der Waals surface area (Å²) in [6, 6.07) is 0. The average molecular weight is 261 g/mol. The van der Waals surface area contributed by atoms with E-state index >= 15 is 0 Å². The van der Waals surface area contributed by atoms with E-state index in [1.54, 1.807) is 6.92 Å². The van der Waals surface area contributed by atoms with Gasteiger partial charge in [0.1, 0.15) is 6.61 Å². The average Bonchev–Trinajstić information content (AvgIpc) is 2.27. The molecule has 1 rings (SSSR count). The Kier molecular flexibility index (Phi) is 5.07. The van der Waals surface area contributed by atoms with Gasteiger partial charge in [0, 0.05) is 13.8 Å². The SMILES string of the molecule is CC(=O)OCC1OC(OC(C)=O)C([18F])C(C)C1C. The van der Waals surface area contributed by atoms with Crippen LogP contribution in [0.1, 0.15) is 27.7 Å². The number of hydrogen-bond donors (Lipinski definition) is 0.